The van der Waals surface area contributed by atoms with E-state index in [4.69, 9.17) is 11.5 Å². The molecule has 7 nitrogen and oxygen atoms in total. The van der Waals surface area contributed by atoms with Gasteiger partial charge in [0.05, 0.1) is 12.1 Å². The van der Waals surface area contributed by atoms with Gasteiger partial charge >= 0.3 is 6.03 Å². The molecule has 3 amide bonds. The molecule has 2 atom stereocenters. The lowest BCUT2D eigenvalue weighted by molar-refractivity contribution is -0.134. The molecule has 7 heteroatoms. The number of rotatable bonds is 10. The fourth-order valence-electron chi connectivity index (χ4n) is 2.00. The first-order valence-corrected chi connectivity index (χ1v) is 8.16. The largest absolute Gasteiger partial charge is 0.352 e. The third-order valence-electron chi connectivity index (χ3n) is 4.17. The number of urea groups is 1. The molecule has 0 heterocycles. The summed E-state index contributed by atoms with van der Waals surface area (Å²) < 4.78 is 0. The van der Waals surface area contributed by atoms with Crippen molar-refractivity contribution < 1.29 is 14.4 Å². The predicted molar refractivity (Wildman–Crippen MR) is 90.6 cm³/mol. The van der Waals surface area contributed by atoms with Crippen LogP contribution in [-0.4, -0.2) is 36.3 Å². The van der Waals surface area contributed by atoms with Gasteiger partial charge in [0.15, 0.2) is 5.78 Å². The molecule has 0 fully saturated rings. The van der Waals surface area contributed by atoms with E-state index in [-0.39, 0.29) is 17.6 Å². The van der Waals surface area contributed by atoms with Gasteiger partial charge in [-0.1, -0.05) is 34.6 Å². The molecule has 0 aliphatic carbocycles. The smallest absolute Gasteiger partial charge is 0.312 e. The number of nitrogens with two attached hydrogens (primary N) is 2. The molecule has 0 aliphatic rings. The van der Waals surface area contributed by atoms with Crippen LogP contribution in [-0.2, 0) is 9.59 Å². The highest BCUT2D eigenvalue weighted by atomic mass is 16.2. The van der Waals surface area contributed by atoms with Crippen LogP contribution in [0.25, 0.3) is 0 Å². The molecule has 134 valence electrons. The average molecular weight is 328 g/mol. The Kier molecular flexibility index (Phi) is 8.82. The minimum absolute atomic E-state index is 0.0125. The van der Waals surface area contributed by atoms with Gasteiger partial charge in [0.1, 0.15) is 0 Å². The van der Waals surface area contributed by atoms with Crippen molar-refractivity contribution in [1.29, 1.82) is 0 Å². The lowest BCUT2D eigenvalue weighted by Gasteiger charge is -2.29. The summed E-state index contributed by atoms with van der Waals surface area (Å²) in [5.41, 5.74) is 10.3. The van der Waals surface area contributed by atoms with E-state index in [0.29, 0.717) is 25.8 Å². The summed E-state index contributed by atoms with van der Waals surface area (Å²) in [7, 11) is 0. The Labute approximate surface area is 138 Å². The van der Waals surface area contributed by atoms with Crippen molar-refractivity contribution in [2.24, 2.45) is 22.8 Å². The molecular formula is C16H32N4O3. The molecule has 2 unspecified atom stereocenters. The Morgan fingerprint density at radius 3 is 2.17 bits per heavy atom. The molecule has 0 saturated carbocycles. The standard InChI is InChI=1S/C16H32N4O3/c1-6-16(4,5)13(21)11(8-7-9-19-15(18)23)20-14(22)12(17)10(2)3/h10-12H,6-9,17H2,1-5H3,(H,20,22)(H3,18,19,23). The first-order valence-electron chi connectivity index (χ1n) is 8.16. The Hall–Kier alpha value is -1.63. The van der Waals surface area contributed by atoms with E-state index in [1.54, 1.807) is 0 Å². The van der Waals surface area contributed by atoms with Crippen LogP contribution in [0.4, 0.5) is 4.79 Å². The van der Waals surface area contributed by atoms with E-state index in [1.165, 1.54) is 0 Å². The van der Waals surface area contributed by atoms with Crippen molar-refractivity contribution in [1.82, 2.24) is 10.6 Å². The molecule has 0 aromatic heterocycles. The average Bonchev–Trinajstić information content (AvgIpc) is 2.47. The van der Waals surface area contributed by atoms with Gasteiger partial charge in [-0.25, -0.2) is 4.79 Å². The van der Waals surface area contributed by atoms with Crippen LogP contribution >= 0.6 is 0 Å². The lowest BCUT2D eigenvalue weighted by atomic mass is 9.80. The predicted octanol–water partition coefficient (Wildman–Crippen LogP) is 0.908. The second-order valence-electron chi connectivity index (χ2n) is 6.87. The molecular weight excluding hydrogens is 296 g/mol. The topological polar surface area (TPSA) is 127 Å². The summed E-state index contributed by atoms with van der Waals surface area (Å²) in [4.78, 5) is 35.5. The third kappa shape index (κ3) is 7.45. The van der Waals surface area contributed by atoms with Crippen molar-refractivity contribution in [3.63, 3.8) is 0 Å². The highest BCUT2D eigenvalue weighted by Crippen LogP contribution is 2.24. The highest BCUT2D eigenvalue weighted by Gasteiger charge is 2.33. The maximum atomic E-state index is 12.7. The van der Waals surface area contributed by atoms with E-state index in [2.05, 4.69) is 10.6 Å². The minimum atomic E-state index is -0.654. The fourth-order valence-corrected chi connectivity index (χ4v) is 2.00. The Bertz CT molecular complexity index is 422. The molecule has 6 N–H and O–H groups in total. The second kappa shape index (κ2) is 9.50. The zero-order valence-corrected chi connectivity index (χ0v) is 14.9. The number of hydrogen-bond donors (Lipinski definition) is 4. The SMILES string of the molecule is CCC(C)(C)C(=O)C(CCCNC(N)=O)NC(=O)C(N)C(C)C. The van der Waals surface area contributed by atoms with Gasteiger partial charge in [-0.05, 0) is 25.2 Å². The zero-order valence-electron chi connectivity index (χ0n) is 14.9. The number of primary amides is 1. The summed E-state index contributed by atoms with van der Waals surface area (Å²) >= 11 is 0. The maximum absolute atomic E-state index is 12.7. The maximum Gasteiger partial charge on any atom is 0.312 e. The first-order chi connectivity index (χ1) is 10.5. The van der Waals surface area contributed by atoms with Crippen molar-refractivity contribution in [2.75, 3.05) is 6.54 Å². The molecule has 0 radical (unpaired) electrons. The second-order valence-corrected chi connectivity index (χ2v) is 6.87. The summed E-state index contributed by atoms with van der Waals surface area (Å²) in [5.74, 6) is -0.363. The molecule has 0 aromatic rings. The minimum Gasteiger partial charge on any atom is -0.352 e. The van der Waals surface area contributed by atoms with Crippen molar-refractivity contribution in [3.05, 3.63) is 0 Å². The van der Waals surface area contributed by atoms with Gasteiger partial charge in [-0.15, -0.1) is 0 Å². The van der Waals surface area contributed by atoms with E-state index in [1.807, 2.05) is 34.6 Å². The fraction of sp³-hybridized carbons (Fsp3) is 0.812. The van der Waals surface area contributed by atoms with Gasteiger partial charge in [-0.2, -0.15) is 0 Å². The number of Topliss-reactive ketones (excluding diaryl/α,β-unsaturated/α-hetero) is 1. The molecule has 23 heavy (non-hydrogen) atoms. The number of carbonyl (C=O) groups is 3. The van der Waals surface area contributed by atoms with E-state index >= 15 is 0 Å². The van der Waals surface area contributed by atoms with Crippen molar-refractivity contribution in [3.8, 4) is 0 Å². The number of hydrogen-bond acceptors (Lipinski definition) is 4. The molecule has 0 aromatic carbocycles. The monoisotopic (exact) mass is 328 g/mol. The summed E-state index contributed by atoms with van der Waals surface area (Å²) in [5, 5.41) is 5.25. The van der Waals surface area contributed by atoms with Crippen LogP contribution in [0.3, 0.4) is 0 Å². The van der Waals surface area contributed by atoms with Crippen LogP contribution < -0.4 is 22.1 Å². The van der Waals surface area contributed by atoms with Gasteiger partial charge in [0.25, 0.3) is 0 Å². The third-order valence-corrected chi connectivity index (χ3v) is 4.17. The summed E-state index contributed by atoms with van der Waals surface area (Å²) in [6, 6.07) is -1.87. The Morgan fingerprint density at radius 2 is 1.74 bits per heavy atom. The molecule has 0 rings (SSSR count). The van der Waals surface area contributed by atoms with Crippen LogP contribution in [0.15, 0.2) is 0 Å². The first kappa shape index (κ1) is 21.4. The van der Waals surface area contributed by atoms with Gasteiger partial charge in [-0.3, -0.25) is 9.59 Å². The highest BCUT2D eigenvalue weighted by molar-refractivity contribution is 5.93. The molecule has 0 saturated heterocycles. The number of amides is 3. The summed E-state index contributed by atoms with van der Waals surface area (Å²) in [6.07, 6.45) is 1.64. The molecule has 0 bridgehead atoms. The van der Waals surface area contributed by atoms with Crippen molar-refractivity contribution in [2.45, 2.75) is 66.0 Å². The van der Waals surface area contributed by atoms with Crippen LogP contribution in [0.1, 0.15) is 53.9 Å². The Balaban J connectivity index is 4.89. The lowest BCUT2D eigenvalue weighted by Crippen LogP contribution is -2.52. The normalized spacial score (nSPS) is 14.2. The van der Waals surface area contributed by atoms with Gasteiger partial charge < -0.3 is 22.1 Å². The van der Waals surface area contributed by atoms with Crippen LogP contribution in [0.5, 0.6) is 0 Å². The number of carbonyl (C=O) groups excluding carboxylic acids is 3. The van der Waals surface area contributed by atoms with Crippen molar-refractivity contribution >= 4 is 17.7 Å². The molecule has 0 aliphatic heterocycles. The van der Waals surface area contributed by atoms with E-state index in [9.17, 15) is 14.4 Å². The van der Waals surface area contributed by atoms with E-state index < -0.39 is 23.5 Å². The van der Waals surface area contributed by atoms with Gasteiger partial charge in [0.2, 0.25) is 5.91 Å². The quantitative estimate of drug-likeness (QED) is 0.444. The number of ketones is 1. The Morgan fingerprint density at radius 1 is 1.17 bits per heavy atom. The van der Waals surface area contributed by atoms with Crippen LogP contribution in [0.2, 0.25) is 0 Å². The molecule has 0 spiro atoms. The zero-order chi connectivity index (χ0) is 18.2. The number of nitrogens with one attached hydrogen (secondary N) is 2. The van der Waals surface area contributed by atoms with Crippen LogP contribution in [0, 0.1) is 11.3 Å². The van der Waals surface area contributed by atoms with E-state index in [0.717, 1.165) is 0 Å². The van der Waals surface area contributed by atoms with Gasteiger partial charge in [0, 0.05) is 12.0 Å². The summed E-state index contributed by atoms with van der Waals surface area (Å²) in [6.45, 7) is 9.72.